The zero-order valence-electron chi connectivity index (χ0n) is 14.6. The number of nitrogens with one attached hydrogen (secondary N) is 2. The van der Waals surface area contributed by atoms with E-state index in [0.29, 0.717) is 18.9 Å². The third-order valence-electron chi connectivity index (χ3n) is 3.83. The first-order valence-electron chi connectivity index (χ1n) is 8.78. The van der Waals surface area contributed by atoms with Gasteiger partial charge in [-0.15, -0.1) is 0 Å². The zero-order chi connectivity index (χ0) is 18.0. The zero-order valence-corrected chi connectivity index (χ0v) is 14.6. The quantitative estimate of drug-likeness (QED) is 0.515. The summed E-state index contributed by atoms with van der Waals surface area (Å²) in [5.74, 6) is 1.28. The minimum Gasteiger partial charge on any atom is -0.396 e. The fourth-order valence-corrected chi connectivity index (χ4v) is 2.52. The fraction of sp³-hybridized carbons (Fsp3) is 0.250. The van der Waals surface area contributed by atoms with Gasteiger partial charge in [0, 0.05) is 32.0 Å². The molecule has 3 N–H and O–H groups in total. The lowest BCUT2D eigenvalue weighted by atomic mass is 10.1. The van der Waals surface area contributed by atoms with Crippen molar-refractivity contribution >= 4 is 11.8 Å². The number of benzene rings is 1. The van der Waals surface area contributed by atoms with Crippen LogP contribution in [0.4, 0.5) is 11.8 Å². The summed E-state index contributed by atoms with van der Waals surface area (Å²) in [7, 11) is 0. The Hall–Kier alpha value is -2.99. The summed E-state index contributed by atoms with van der Waals surface area (Å²) in [6.07, 6.45) is 3.31. The highest BCUT2D eigenvalue weighted by molar-refractivity contribution is 5.60. The van der Waals surface area contributed by atoms with E-state index >= 15 is 0 Å². The van der Waals surface area contributed by atoms with Crippen molar-refractivity contribution in [3.63, 3.8) is 0 Å². The van der Waals surface area contributed by atoms with Crippen LogP contribution in [0.15, 0.2) is 60.8 Å². The highest BCUT2D eigenvalue weighted by Crippen LogP contribution is 2.19. The Bertz CT molecular complexity index is 796. The van der Waals surface area contributed by atoms with Crippen LogP contribution >= 0.6 is 0 Å². The largest absolute Gasteiger partial charge is 0.396 e. The number of aliphatic hydroxyl groups excluding tert-OH is 1. The standard InChI is InChI=1S/C20H23N5O/c26-14-6-12-23-20-24-18(17-9-4-5-11-21-17)15-19(25-20)22-13-10-16-7-2-1-3-8-16/h1-5,7-9,11,15,26H,6,10,12-14H2,(H2,22,23,24,25). The molecule has 6 heteroatoms. The van der Waals surface area contributed by atoms with Crippen LogP contribution < -0.4 is 10.6 Å². The van der Waals surface area contributed by atoms with Crippen molar-refractivity contribution in [3.8, 4) is 11.4 Å². The molecule has 2 heterocycles. The number of aromatic nitrogens is 3. The van der Waals surface area contributed by atoms with Gasteiger partial charge >= 0.3 is 0 Å². The van der Waals surface area contributed by atoms with Crippen molar-refractivity contribution in [1.82, 2.24) is 15.0 Å². The molecule has 1 aromatic carbocycles. The molecule has 0 saturated carbocycles. The van der Waals surface area contributed by atoms with Gasteiger partial charge in [0.25, 0.3) is 0 Å². The number of aliphatic hydroxyl groups is 1. The van der Waals surface area contributed by atoms with Gasteiger partial charge in [-0.1, -0.05) is 36.4 Å². The minimum atomic E-state index is 0.134. The summed E-state index contributed by atoms with van der Waals surface area (Å²) in [5.41, 5.74) is 2.83. The average Bonchev–Trinajstić information content (AvgIpc) is 2.70. The second kappa shape index (κ2) is 9.48. The van der Waals surface area contributed by atoms with Crippen LogP contribution in [-0.2, 0) is 6.42 Å². The smallest absolute Gasteiger partial charge is 0.225 e. The molecule has 0 aliphatic rings. The normalized spacial score (nSPS) is 10.5. The average molecular weight is 349 g/mol. The minimum absolute atomic E-state index is 0.134. The van der Waals surface area contributed by atoms with Gasteiger partial charge in [-0.05, 0) is 30.5 Å². The summed E-state index contributed by atoms with van der Waals surface area (Å²) in [6.45, 7) is 1.53. The van der Waals surface area contributed by atoms with Gasteiger partial charge in [0.15, 0.2) is 0 Å². The van der Waals surface area contributed by atoms with E-state index in [-0.39, 0.29) is 6.61 Å². The predicted octanol–water partition coefficient (Wildman–Crippen LogP) is 2.99. The van der Waals surface area contributed by atoms with Gasteiger partial charge in [0.05, 0.1) is 11.4 Å². The van der Waals surface area contributed by atoms with Gasteiger partial charge in [0.1, 0.15) is 5.82 Å². The summed E-state index contributed by atoms with van der Waals surface area (Å²) in [4.78, 5) is 13.4. The van der Waals surface area contributed by atoms with Crippen molar-refractivity contribution in [2.45, 2.75) is 12.8 Å². The lowest BCUT2D eigenvalue weighted by Gasteiger charge is -2.11. The maximum atomic E-state index is 8.95. The fourth-order valence-electron chi connectivity index (χ4n) is 2.52. The summed E-state index contributed by atoms with van der Waals surface area (Å²) in [6, 6.07) is 18.0. The van der Waals surface area contributed by atoms with Gasteiger partial charge < -0.3 is 15.7 Å². The molecule has 2 aromatic heterocycles. The lowest BCUT2D eigenvalue weighted by Crippen LogP contribution is -2.11. The van der Waals surface area contributed by atoms with Crippen molar-refractivity contribution in [2.75, 3.05) is 30.3 Å². The first kappa shape index (κ1) is 17.8. The number of anilines is 2. The van der Waals surface area contributed by atoms with Crippen LogP contribution in [0.5, 0.6) is 0 Å². The molecule has 0 aliphatic heterocycles. The molecular weight excluding hydrogens is 326 g/mol. The molecule has 134 valence electrons. The Labute approximate surface area is 153 Å². The topological polar surface area (TPSA) is 83.0 Å². The van der Waals surface area contributed by atoms with Crippen molar-refractivity contribution in [2.24, 2.45) is 0 Å². The van der Waals surface area contributed by atoms with Crippen LogP contribution in [0.3, 0.4) is 0 Å². The molecule has 0 amide bonds. The highest BCUT2D eigenvalue weighted by Gasteiger charge is 2.07. The third-order valence-corrected chi connectivity index (χ3v) is 3.83. The second-order valence-electron chi connectivity index (χ2n) is 5.84. The lowest BCUT2D eigenvalue weighted by molar-refractivity contribution is 0.292. The van der Waals surface area contributed by atoms with Crippen molar-refractivity contribution < 1.29 is 5.11 Å². The Morgan fingerprint density at radius 3 is 2.46 bits per heavy atom. The van der Waals surface area contributed by atoms with Crippen LogP contribution in [0, 0.1) is 0 Å². The molecule has 0 aliphatic carbocycles. The first-order chi connectivity index (χ1) is 12.8. The summed E-state index contributed by atoms with van der Waals surface area (Å²) >= 11 is 0. The van der Waals surface area contributed by atoms with Gasteiger partial charge in [-0.2, -0.15) is 4.98 Å². The molecule has 0 unspecified atom stereocenters. The molecule has 0 radical (unpaired) electrons. The molecule has 3 aromatic rings. The molecule has 0 bridgehead atoms. The van der Waals surface area contributed by atoms with Crippen molar-refractivity contribution in [1.29, 1.82) is 0 Å². The molecule has 26 heavy (non-hydrogen) atoms. The highest BCUT2D eigenvalue weighted by atomic mass is 16.3. The Kier molecular flexibility index (Phi) is 6.50. The molecular formula is C20H23N5O. The van der Waals surface area contributed by atoms with Gasteiger partial charge in [0.2, 0.25) is 5.95 Å². The van der Waals surface area contributed by atoms with Crippen molar-refractivity contribution in [3.05, 3.63) is 66.4 Å². The van der Waals surface area contributed by atoms with E-state index in [2.05, 4.69) is 37.7 Å². The number of rotatable bonds is 9. The number of nitrogens with zero attached hydrogens (tertiary/aromatic N) is 3. The third kappa shape index (κ3) is 5.26. The molecule has 0 spiro atoms. The van der Waals surface area contributed by atoms with E-state index in [1.807, 2.05) is 42.5 Å². The van der Waals surface area contributed by atoms with E-state index in [1.165, 1.54) is 5.56 Å². The van der Waals surface area contributed by atoms with Gasteiger partial charge in [-0.25, -0.2) is 4.98 Å². The molecule has 0 saturated heterocycles. The second-order valence-corrected chi connectivity index (χ2v) is 5.84. The maximum absolute atomic E-state index is 8.95. The SMILES string of the molecule is OCCCNc1nc(NCCc2ccccc2)cc(-c2ccccn2)n1. The monoisotopic (exact) mass is 349 g/mol. The van der Waals surface area contributed by atoms with Gasteiger partial charge in [-0.3, -0.25) is 4.98 Å². The Balaban J connectivity index is 1.73. The van der Waals surface area contributed by atoms with E-state index in [1.54, 1.807) is 6.20 Å². The Morgan fingerprint density at radius 1 is 0.846 bits per heavy atom. The van der Waals surface area contributed by atoms with E-state index in [9.17, 15) is 0 Å². The van der Waals surface area contributed by atoms with E-state index in [4.69, 9.17) is 5.11 Å². The summed E-state index contributed by atoms with van der Waals surface area (Å²) in [5, 5.41) is 15.5. The maximum Gasteiger partial charge on any atom is 0.225 e. The number of pyridine rings is 1. The van der Waals surface area contributed by atoms with Crippen LogP contribution in [-0.4, -0.2) is 39.8 Å². The molecule has 0 fully saturated rings. The van der Waals surface area contributed by atoms with Crippen LogP contribution in [0.1, 0.15) is 12.0 Å². The molecule has 0 atom stereocenters. The number of hydrogen-bond acceptors (Lipinski definition) is 6. The summed E-state index contributed by atoms with van der Waals surface area (Å²) < 4.78 is 0. The van der Waals surface area contributed by atoms with Crippen LogP contribution in [0.25, 0.3) is 11.4 Å². The van der Waals surface area contributed by atoms with E-state index < -0.39 is 0 Å². The van der Waals surface area contributed by atoms with Crippen LogP contribution in [0.2, 0.25) is 0 Å². The van der Waals surface area contributed by atoms with E-state index in [0.717, 1.165) is 30.2 Å². The number of hydrogen-bond donors (Lipinski definition) is 3. The Morgan fingerprint density at radius 2 is 1.69 bits per heavy atom. The first-order valence-corrected chi connectivity index (χ1v) is 8.78. The predicted molar refractivity (Wildman–Crippen MR) is 104 cm³/mol. The molecule has 3 rings (SSSR count). The molecule has 6 nitrogen and oxygen atoms in total.